The molecule has 1 atom stereocenters. The van der Waals surface area contributed by atoms with Crippen LogP contribution in [0.2, 0.25) is 0 Å². The quantitative estimate of drug-likeness (QED) is 0.805. The molecular weight excluding hydrogens is 292 g/mol. The van der Waals surface area contributed by atoms with Crippen LogP contribution in [0.15, 0.2) is 30.3 Å². The average Bonchev–Trinajstić information content (AvgIpc) is 2.38. The second-order valence-corrected chi connectivity index (χ2v) is 7.08. The molecule has 2 N–H and O–H groups in total. The van der Waals surface area contributed by atoms with E-state index in [0.29, 0.717) is 6.54 Å². The minimum atomic E-state index is -3.75. The summed E-state index contributed by atoms with van der Waals surface area (Å²) in [5.74, 6) is -2.21. The number of nitrogens with one attached hydrogen (secondary N) is 1. The van der Waals surface area contributed by atoms with E-state index in [0.717, 1.165) is 25.9 Å². The lowest BCUT2D eigenvalue weighted by atomic mass is 10.1. The van der Waals surface area contributed by atoms with Gasteiger partial charge in [-0.05, 0) is 24.9 Å². The molecule has 0 radical (unpaired) electrons. The second kappa shape index (κ2) is 7.02. The topological polar surface area (TPSA) is 86.7 Å². The molecule has 1 heterocycles. The standard InChI is InChI=1S/C14H20N2O4S/c17-14(18)11-21(19,20)15-13-7-4-8-16(10-13)9-12-5-2-1-3-6-12/h1-3,5-6,13,15H,4,7-11H2,(H,17,18). The highest BCUT2D eigenvalue weighted by Crippen LogP contribution is 2.14. The van der Waals surface area contributed by atoms with Crippen LogP contribution in [-0.2, 0) is 21.4 Å². The lowest BCUT2D eigenvalue weighted by molar-refractivity contribution is -0.134. The van der Waals surface area contributed by atoms with Gasteiger partial charge in [0.2, 0.25) is 10.0 Å². The Balaban J connectivity index is 1.90. The maximum absolute atomic E-state index is 11.7. The lowest BCUT2D eigenvalue weighted by Crippen LogP contribution is -2.48. The molecule has 6 nitrogen and oxygen atoms in total. The largest absolute Gasteiger partial charge is 0.480 e. The SMILES string of the molecule is O=C(O)CS(=O)(=O)NC1CCCN(Cc2ccccc2)C1. The monoisotopic (exact) mass is 312 g/mol. The first kappa shape index (κ1) is 15.9. The van der Waals surface area contributed by atoms with E-state index in [1.54, 1.807) is 0 Å². The number of hydrogen-bond donors (Lipinski definition) is 2. The van der Waals surface area contributed by atoms with Crippen molar-refractivity contribution in [1.29, 1.82) is 0 Å². The van der Waals surface area contributed by atoms with Crippen molar-refractivity contribution in [3.8, 4) is 0 Å². The van der Waals surface area contributed by atoms with Crippen LogP contribution < -0.4 is 4.72 Å². The lowest BCUT2D eigenvalue weighted by Gasteiger charge is -2.32. The Hall–Kier alpha value is -1.44. The van der Waals surface area contributed by atoms with Gasteiger partial charge in [-0.3, -0.25) is 9.69 Å². The fourth-order valence-corrected chi connectivity index (χ4v) is 3.70. The normalized spacial score (nSPS) is 20.3. The Labute approximate surface area is 124 Å². The van der Waals surface area contributed by atoms with Crippen LogP contribution in [0.5, 0.6) is 0 Å². The van der Waals surface area contributed by atoms with Gasteiger partial charge in [-0.2, -0.15) is 0 Å². The fraction of sp³-hybridized carbons (Fsp3) is 0.500. The number of likely N-dealkylation sites (tertiary alicyclic amines) is 1. The molecule has 0 saturated carbocycles. The van der Waals surface area contributed by atoms with Crippen molar-refractivity contribution >= 4 is 16.0 Å². The number of nitrogens with zero attached hydrogens (tertiary/aromatic N) is 1. The summed E-state index contributed by atoms with van der Waals surface area (Å²) in [5, 5.41) is 8.60. The van der Waals surface area contributed by atoms with Crippen LogP contribution in [0.25, 0.3) is 0 Å². The third kappa shape index (κ3) is 5.45. The molecule has 21 heavy (non-hydrogen) atoms. The van der Waals surface area contributed by atoms with Crippen LogP contribution in [0.1, 0.15) is 18.4 Å². The molecule has 0 spiro atoms. The number of benzene rings is 1. The van der Waals surface area contributed by atoms with Crippen LogP contribution in [0, 0.1) is 0 Å². The van der Waals surface area contributed by atoms with Gasteiger partial charge in [0.25, 0.3) is 0 Å². The molecule has 1 aliphatic heterocycles. The number of carbonyl (C=O) groups is 1. The molecule has 0 amide bonds. The van der Waals surface area contributed by atoms with Crippen LogP contribution in [-0.4, -0.2) is 49.3 Å². The number of sulfonamides is 1. The highest BCUT2D eigenvalue weighted by atomic mass is 32.2. The molecule has 1 aromatic rings. The van der Waals surface area contributed by atoms with Gasteiger partial charge < -0.3 is 5.11 Å². The first-order chi connectivity index (χ1) is 9.94. The van der Waals surface area contributed by atoms with E-state index in [1.807, 2.05) is 30.3 Å². The molecule has 7 heteroatoms. The first-order valence-corrected chi connectivity index (χ1v) is 8.58. The predicted octanol–water partition coefficient (Wildman–Crippen LogP) is 0.655. The molecule has 1 aliphatic rings. The van der Waals surface area contributed by atoms with E-state index < -0.39 is 21.7 Å². The van der Waals surface area contributed by atoms with E-state index in [-0.39, 0.29) is 6.04 Å². The van der Waals surface area contributed by atoms with E-state index in [9.17, 15) is 13.2 Å². The number of piperidine rings is 1. The number of carboxylic acid groups (broad SMARTS) is 1. The zero-order valence-corrected chi connectivity index (χ0v) is 12.6. The Kier molecular flexibility index (Phi) is 5.33. The Bertz CT molecular complexity index is 574. The van der Waals surface area contributed by atoms with Crippen molar-refractivity contribution in [1.82, 2.24) is 9.62 Å². The zero-order chi connectivity index (χ0) is 15.3. The first-order valence-electron chi connectivity index (χ1n) is 6.93. The van der Waals surface area contributed by atoms with E-state index >= 15 is 0 Å². The number of rotatable bonds is 6. The van der Waals surface area contributed by atoms with Crippen molar-refractivity contribution in [2.45, 2.75) is 25.4 Å². The van der Waals surface area contributed by atoms with E-state index in [4.69, 9.17) is 5.11 Å². The van der Waals surface area contributed by atoms with Gasteiger partial charge in [0.15, 0.2) is 5.75 Å². The van der Waals surface area contributed by atoms with Crippen LogP contribution >= 0.6 is 0 Å². The molecule has 0 aliphatic carbocycles. The molecule has 2 rings (SSSR count). The van der Waals surface area contributed by atoms with Gasteiger partial charge in [0.05, 0.1) is 0 Å². The third-order valence-electron chi connectivity index (χ3n) is 3.41. The molecule has 1 saturated heterocycles. The van der Waals surface area contributed by atoms with Crippen molar-refractivity contribution < 1.29 is 18.3 Å². The number of aliphatic carboxylic acids is 1. The molecule has 1 aromatic carbocycles. The highest BCUT2D eigenvalue weighted by Gasteiger charge is 2.25. The fourth-order valence-electron chi connectivity index (χ4n) is 2.60. The van der Waals surface area contributed by atoms with Gasteiger partial charge in [0, 0.05) is 19.1 Å². The molecule has 116 valence electrons. The maximum Gasteiger partial charge on any atom is 0.320 e. The summed E-state index contributed by atoms with van der Waals surface area (Å²) in [6, 6.07) is 9.78. The smallest absolute Gasteiger partial charge is 0.320 e. The maximum atomic E-state index is 11.7. The number of carboxylic acids is 1. The molecular formula is C14H20N2O4S. The minimum absolute atomic E-state index is 0.216. The number of hydrogen-bond acceptors (Lipinski definition) is 4. The summed E-state index contributed by atoms with van der Waals surface area (Å²) >= 11 is 0. The minimum Gasteiger partial charge on any atom is -0.480 e. The molecule has 1 unspecified atom stereocenters. The average molecular weight is 312 g/mol. The summed E-state index contributed by atoms with van der Waals surface area (Å²) in [6.07, 6.45) is 1.64. The van der Waals surface area contributed by atoms with E-state index in [1.165, 1.54) is 5.56 Å². The summed E-state index contributed by atoms with van der Waals surface area (Å²) in [4.78, 5) is 12.7. The van der Waals surface area contributed by atoms with E-state index in [2.05, 4.69) is 9.62 Å². The predicted molar refractivity (Wildman–Crippen MR) is 79.3 cm³/mol. The second-order valence-electron chi connectivity index (χ2n) is 5.33. The Morgan fingerprint density at radius 1 is 1.33 bits per heavy atom. The summed E-state index contributed by atoms with van der Waals surface area (Å²) in [6.45, 7) is 2.30. The summed E-state index contributed by atoms with van der Waals surface area (Å²) in [7, 11) is -3.75. The van der Waals surface area contributed by atoms with Gasteiger partial charge in [-0.25, -0.2) is 13.1 Å². The zero-order valence-electron chi connectivity index (χ0n) is 11.7. The Morgan fingerprint density at radius 3 is 2.71 bits per heavy atom. The summed E-state index contributed by atoms with van der Waals surface area (Å²) < 4.78 is 25.8. The van der Waals surface area contributed by atoms with Crippen molar-refractivity contribution in [3.05, 3.63) is 35.9 Å². The van der Waals surface area contributed by atoms with Crippen molar-refractivity contribution in [3.63, 3.8) is 0 Å². The molecule has 0 bridgehead atoms. The van der Waals surface area contributed by atoms with Crippen LogP contribution in [0.3, 0.4) is 0 Å². The van der Waals surface area contributed by atoms with Gasteiger partial charge in [0.1, 0.15) is 0 Å². The van der Waals surface area contributed by atoms with Crippen molar-refractivity contribution in [2.24, 2.45) is 0 Å². The van der Waals surface area contributed by atoms with Crippen molar-refractivity contribution in [2.75, 3.05) is 18.8 Å². The summed E-state index contributed by atoms with van der Waals surface area (Å²) in [5.41, 5.74) is 1.19. The van der Waals surface area contributed by atoms with Crippen LogP contribution in [0.4, 0.5) is 0 Å². The third-order valence-corrected chi connectivity index (χ3v) is 4.73. The molecule has 0 aromatic heterocycles. The van der Waals surface area contributed by atoms with Gasteiger partial charge in [-0.15, -0.1) is 0 Å². The van der Waals surface area contributed by atoms with Gasteiger partial charge >= 0.3 is 5.97 Å². The Morgan fingerprint density at radius 2 is 2.05 bits per heavy atom. The highest BCUT2D eigenvalue weighted by molar-refractivity contribution is 7.90. The van der Waals surface area contributed by atoms with Gasteiger partial charge in [-0.1, -0.05) is 30.3 Å². The molecule has 1 fully saturated rings.